The van der Waals surface area contributed by atoms with E-state index >= 15 is 0 Å². The van der Waals surface area contributed by atoms with Gasteiger partial charge in [0.25, 0.3) is 0 Å². The topological polar surface area (TPSA) is 64.6 Å². The van der Waals surface area contributed by atoms with Crippen LogP contribution in [-0.2, 0) is 14.8 Å². The predicted octanol–water partition coefficient (Wildman–Crippen LogP) is 1.16. The Morgan fingerprint density at radius 3 is 2.53 bits per heavy atom. The number of sulfonamides is 1. The summed E-state index contributed by atoms with van der Waals surface area (Å²) in [5.41, 5.74) is 0. The van der Waals surface area contributed by atoms with Crippen molar-refractivity contribution in [2.24, 2.45) is 0 Å². The Kier molecular flexibility index (Phi) is 6.75. The van der Waals surface area contributed by atoms with E-state index in [9.17, 15) is 12.8 Å². The van der Waals surface area contributed by atoms with Gasteiger partial charge in [0.1, 0.15) is 11.6 Å². The smallest absolute Gasteiger partial charge is 0.213 e. The Balaban J connectivity index is 2.16. The van der Waals surface area contributed by atoms with Crippen molar-refractivity contribution < 1.29 is 22.3 Å². The zero-order valence-electron chi connectivity index (χ0n) is 10.8. The van der Waals surface area contributed by atoms with Crippen molar-refractivity contribution in [2.75, 3.05) is 32.6 Å². The van der Waals surface area contributed by atoms with Gasteiger partial charge in [-0.1, -0.05) is 0 Å². The van der Waals surface area contributed by atoms with Crippen LogP contribution in [0.3, 0.4) is 0 Å². The summed E-state index contributed by atoms with van der Waals surface area (Å²) in [6.07, 6.45) is 0.531. The lowest BCUT2D eigenvalue weighted by molar-refractivity contribution is 0.217. The van der Waals surface area contributed by atoms with Gasteiger partial charge in [-0.05, 0) is 30.7 Å². The molecule has 0 saturated carbocycles. The highest BCUT2D eigenvalue weighted by atomic mass is 32.2. The number of ether oxygens (including phenoxy) is 2. The van der Waals surface area contributed by atoms with E-state index < -0.39 is 10.0 Å². The molecule has 0 aromatic heterocycles. The van der Waals surface area contributed by atoms with Gasteiger partial charge in [0, 0.05) is 13.7 Å². The summed E-state index contributed by atoms with van der Waals surface area (Å²) in [7, 11) is -1.82. The molecule has 1 rings (SSSR count). The second-order valence-corrected chi connectivity index (χ2v) is 5.79. The molecule has 0 heterocycles. The van der Waals surface area contributed by atoms with Gasteiger partial charge >= 0.3 is 0 Å². The summed E-state index contributed by atoms with van der Waals surface area (Å²) < 4.78 is 47.9. The van der Waals surface area contributed by atoms with Crippen molar-refractivity contribution in [1.29, 1.82) is 0 Å². The lowest BCUT2D eigenvalue weighted by Gasteiger charge is -2.07. The summed E-state index contributed by atoms with van der Waals surface area (Å²) in [4.78, 5) is 0. The number of hydrogen-bond donors (Lipinski definition) is 1. The summed E-state index contributed by atoms with van der Waals surface area (Å²) in [5.74, 6) is 0.185. The maximum atomic E-state index is 12.6. The number of rotatable bonds is 9. The third-order valence-electron chi connectivity index (χ3n) is 2.28. The van der Waals surface area contributed by atoms with Crippen LogP contribution in [0.4, 0.5) is 4.39 Å². The third kappa shape index (κ3) is 7.09. The molecule has 7 heteroatoms. The fraction of sp³-hybridized carbons (Fsp3) is 0.500. The van der Waals surface area contributed by atoms with Gasteiger partial charge in [0.15, 0.2) is 0 Å². The standard InChI is InChI=1S/C12H18FNO4S/c1-17-9-10-19(15,16)14-7-2-8-18-12-5-3-11(13)4-6-12/h3-6,14H,2,7-10H2,1H3. The molecule has 0 aliphatic rings. The molecule has 1 aromatic rings. The van der Waals surface area contributed by atoms with Crippen LogP contribution in [0.25, 0.3) is 0 Å². The van der Waals surface area contributed by atoms with E-state index in [1.807, 2.05) is 0 Å². The first-order valence-electron chi connectivity index (χ1n) is 5.88. The quantitative estimate of drug-likeness (QED) is 0.693. The van der Waals surface area contributed by atoms with Crippen molar-refractivity contribution in [2.45, 2.75) is 6.42 Å². The minimum atomic E-state index is -3.27. The molecule has 0 atom stereocenters. The first-order valence-corrected chi connectivity index (χ1v) is 7.53. The number of benzene rings is 1. The van der Waals surface area contributed by atoms with Crippen LogP contribution < -0.4 is 9.46 Å². The molecule has 19 heavy (non-hydrogen) atoms. The highest BCUT2D eigenvalue weighted by Gasteiger charge is 2.08. The van der Waals surface area contributed by atoms with Gasteiger partial charge in [-0.15, -0.1) is 0 Å². The molecule has 5 nitrogen and oxygen atoms in total. The SMILES string of the molecule is COCCS(=O)(=O)NCCCOc1ccc(F)cc1. The average Bonchev–Trinajstić information content (AvgIpc) is 2.38. The van der Waals surface area contributed by atoms with Gasteiger partial charge in [-0.2, -0.15) is 0 Å². The minimum Gasteiger partial charge on any atom is -0.494 e. The lowest BCUT2D eigenvalue weighted by Crippen LogP contribution is -2.29. The normalized spacial score (nSPS) is 11.5. The summed E-state index contributed by atoms with van der Waals surface area (Å²) in [6, 6.07) is 5.67. The Bertz CT molecular complexity index is 461. The van der Waals surface area contributed by atoms with Crippen LogP contribution >= 0.6 is 0 Å². The van der Waals surface area contributed by atoms with Crippen molar-refractivity contribution in [3.8, 4) is 5.75 Å². The predicted molar refractivity (Wildman–Crippen MR) is 70.2 cm³/mol. The van der Waals surface area contributed by atoms with Crippen molar-refractivity contribution in [3.63, 3.8) is 0 Å². The molecule has 1 N–H and O–H groups in total. The Morgan fingerprint density at radius 2 is 1.89 bits per heavy atom. The van der Waals surface area contributed by atoms with E-state index in [1.165, 1.54) is 31.4 Å². The second kappa shape index (κ2) is 8.08. The first kappa shape index (κ1) is 15.9. The first-order chi connectivity index (χ1) is 9.03. The maximum Gasteiger partial charge on any atom is 0.213 e. The van der Waals surface area contributed by atoms with E-state index in [0.717, 1.165) is 0 Å². The number of hydrogen-bond acceptors (Lipinski definition) is 4. The maximum absolute atomic E-state index is 12.6. The molecule has 108 valence electrons. The Labute approximate surface area is 112 Å². The van der Waals surface area contributed by atoms with Gasteiger partial charge in [-0.3, -0.25) is 0 Å². The monoisotopic (exact) mass is 291 g/mol. The zero-order valence-corrected chi connectivity index (χ0v) is 11.6. The van der Waals surface area contributed by atoms with Gasteiger partial charge in [0.05, 0.1) is 19.0 Å². The van der Waals surface area contributed by atoms with E-state index in [-0.39, 0.29) is 18.2 Å². The molecule has 0 aliphatic heterocycles. The van der Waals surface area contributed by atoms with Crippen LogP contribution in [0.5, 0.6) is 5.75 Å². The van der Waals surface area contributed by atoms with Crippen LogP contribution in [0, 0.1) is 5.82 Å². The molecule has 0 amide bonds. The molecule has 0 unspecified atom stereocenters. The molecular weight excluding hydrogens is 273 g/mol. The molecule has 0 fully saturated rings. The molecule has 1 aromatic carbocycles. The van der Waals surface area contributed by atoms with E-state index in [0.29, 0.717) is 25.3 Å². The minimum absolute atomic E-state index is 0.0533. The van der Waals surface area contributed by atoms with Crippen molar-refractivity contribution in [1.82, 2.24) is 4.72 Å². The van der Waals surface area contributed by atoms with E-state index in [1.54, 1.807) is 0 Å². The number of halogens is 1. The summed E-state index contributed by atoms with van der Waals surface area (Å²) >= 11 is 0. The highest BCUT2D eigenvalue weighted by molar-refractivity contribution is 7.89. The van der Waals surface area contributed by atoms with Gasteiger partial charge < -0.3 is 9.47 Å². The molecular formula is C12H18FNO4S. The molecule has 0 saturated heterocycles. The Morgan fingerprint density at radius 1 is 1.21 bits per heavy atom. The van der Waals surface area contributed by atoms with Crippen LogP contribution in [0.2, 0.25) is 0 Å². The van der Waals surface area contributed by atoms with E-state index in [2.05, 4.69) is 4.72 Å². The highest BCUT2D eigenvalue weighted by Crippen LogP contribution is 2.10. The lowest BCUT2D eigenvalue weighted by atomic mass is 10.3. The van der Waals surface area contributed by atoms with Crippen molar-refractivity contribution in [3.05, 3.63) is 30.1 Å². The molecule has 0 radical (unpaired) electrons. The third-order valence-corrected chi connectivity index (χ3v) is 3.63. The summed E-state index contributed by atoms with van der Waals surface area (Å²) in [6.45, 7) is 0.826. The van der Waals surface area contributed by atoms with Crippen LogP contribution in [0.15, 0.2) is 24.3 Å². The second-order valence-electron chi connectivity index (χ2n) is 3.86. The largest absolute Gasteiger partial charge is 0.494 e. The molecule has 0 aliphatic carbocycles. The fourth-order valence-electron chi connectivity index (χ4n) is 1.29. The Hall–Kier alpha value is -1.18. The van der Waals surface area contributed by atoms with Gasteiger partial charge in [0.2, 0.25) is 10.0 Å². The zero-order chi connectivity index (χ0) is 14.1. The summed E-state index contributed by atoms with van der Waals surface area (Å²) in [5, 5.41) is 0. The molecule has 0 bridgehead atoms. The fourth-order valence-corrected chi connectivity index (χ4v) is 2.27. The van der Waals surface area contributed by atoms with Crippen LogP contribution in [-0.4, -0.2) is 41.0 Å². The average molecular weight is 291 g/mol. The van der Waals surface area contributed by atoms with Gasteiger partial charge in [-0.25, -0.2) is 17.5 Å². The van der Waals surface area contributed by atoms with Crippen LogP contribution in [0.1, 0.15) is 6.42 Å². The molecule has 0 spiro atoms. The number of methoxy groups -OCH3 is 1. The number of nitrogens with one attached hydrogen (secondary N) is 1. The van der Waals surface area contributed by atoms with E-state index in [4.69, 9.17) is 9.47 Å². The van der Waals surface area contributed by atoms with Crippen molar-refractivity contribution >= 4 is 10.0 Å².